The summed E-state index contributed by atoms with van der Waals surface area (Å²) < 4.78 is 0. The predicted octanol–water partition coefficient (Wildman–Crippen LogP) is 4.19. The van der Waals surface area contributed by atoms with E-state index in [4.69, 9.17) is 23.2 Å². The van der Waals surface area contributed by atoms with Crippen LogP contribution in [0.25, 0.3) is 0 Å². The van der Waals surface area contributed by atoms with Gasteiger partial charge in [0.15, 0.2) is 0 Å². The van der Waals surface area contributed by atoms with Gasteiger partial charge in [-0.3, -0.25) is 10.1 Å². The van der Waals surface area contributed by atoms with E-state index in [2.05, 4.69) is 5.32 Å². The van der Waals surface area contributed by atoms with Crippen molar-refractivity contribution in [2.24, 2.45) is 0 Å². The highest BCUT2D eigenvalue weighted by atomic mass is 35.5. The molecule has 0 saturated carbocycles. The van der Waals surface area contributed by atoms with E-state index in [0.29, 0.717) is 23.1 Å². The molecular weight excluding hydrogens is 299 g/mol. The van der Waals surface area contributed by atoms with E-state index in [-0.39, 0.29) is 5.69 Å². The van der Waals surface area contributed by atoms with E-state index in [1.54, 1.807) is 24.3 Å². The standard InChI is InChI=1S/C14H12Cl2N2O2/c15-12-5-4-11(14(16)7-12)9-17-8-10-2-1-3-13(6-10)18(19)20/h1-7,17H,8-9H2. The number of non-ortho nitro benzene ring substituents is 1. The smallest absolute Gasteiger partial charge is 0.269 e. The van der Waals surface area contributed by atoms with Crippen LogP contribution in [-0.4, -0.2) is 4.92 Å². The zero-order chi connectivity index (χ0) is 14.5. The number of nitro benzene ring substituents is 1. The Hall–Kier alpha value is -1.62. The number of halogens is 2. The Balaban J connectivity index is 1.96. The molecule has 0 heterocycles. The second-order valence-corrected chi connectivity index (χ2v) is 5.11. The van der Waals surface area contributed by atoms with E-state index in [1.165, 1.54) is 6.07 Å². The maximum absolute atomic E-state index is 10.7. The van der Waals surface area contributed by atoms with Gasteiger partial charge in [0, 0.05) is 35.3 Å². The lowest BCUT2D eigenvalue weighted by Gasteiger charge is -2.07. The molecular formula is C14H12Cl2N2O2. The third kappa shape index (κ3) is 3.93. The molecule has 0 atom stereocenters. The molecule has 0 aliphatic heterocycles. The number of nitro groups is 1. The summed E-state index contributed by atoms with van der Waals surface area (Å²) in [4.78, 5) is 10.3. The minimum atomic E-state index is -0.403. The third-order valence-electron chi connectivity index (χ3n) is 2.78. The van der Waals surface area contributed by atoms with E-state index in [9.17, 15) is 10.1 Å². The molecule has 6 heteroatoms. The highest BCUT2D eigenvalue weighted by Gasteiger charge is 2.06. The second-order valence-electron chi connectivity index (χ2n) is 4.27. The van der Waals surface area contributed by atoms with Crippen molar-refractivity contribution >= 4 is 28.9 Å². The summed E-state index contributed by atoms with van der Waals surface area (Å²) >= 11 is 11.9. The Labute approximate surface area is 126 Å². The number of benzene rings is 2. The molecule has 0 aliphatic carbocycles. The first kappa shape index (κ1) is 14.8. The van der Waals surface area contributed by atoms with Crippen LogP contribution in [0.3, 0.4) is 0 Å². The number of nitrogens with one attached hydrogen (secondary N) is 1. The summed E-state index contributed by atoms with van der Waals surface area (Å²) in [6.07, 6.45) is 0. The van der Waals surface area contributed by atoms with Gasteiger partial charge in [0.2, 0.25) is 0 Å². The minimum Gasteiger partial charge on any atom is -0.309 e. The van der Waals surface area contributed by atoms with Crippen molar-refractivity contribution in [3.63, 3.8) is 0 Å². The van der Waals surface area contributed by atoms with Gasteiger partial charge in [-0.2, -0.15) is 0 Å². The second kappa shape index (κ2) is 6.70. The lowest BCUT2D eigenvalue weighted by atomic mass is 10.2. The Bertz CT molecular complexity index is 632. The molecule has 0 aliphatic rings. The lowest BCUT2D eigenvalue weighted by molar-refractivity contribution is -0.384. The SMILES string of the molecule is O=[N+]([O-])c1cccc(CNCc2ccc(Cl)cc2Cl)c1. The van der Waals surface area contributed by atoms with Gasteiger partial charge in [0.1, 0.15) is 0 Å². The third-order valence-corrected chi connectivity index (χ3v) is 3.37. The number of nitrogens with zero attached hydrogens (tertiary/aromatic N) is 1. The van der Waals surface area contributed by atoms with Crippen molar-refractivity contribution in [2.45, 2.75) is 13.1 Å². The largest absolute Gasteiger partial charge is 0.309 e. The van der Waals surface area contributed by atoms with Crippen LogP contribution in [0.5, 0.6) is 0 Å². The van der Waals surface area contributed by atoms with Crippen LogP contribution in [0.1, 0.15) is 11.1 Å². The molecule has 2 aromatic rings. The number of hydrogen-bond acceptors (Lipinski definition) is 3. The van der Waals surface area contributed by atoms with Crippen molar-refractivity contribution in [1.29, 1.82) is 0 Å². The van der Waals surface area contributed by atoms with Crippen molar-refractivity contribution < 1.29 is 4.92 Å². The van der Waals surface area contributed by atoms with Crippen molar-refractivity contribution in [2.75, 3.05) is 0 Å². The quantitative estimate of drug-likeness (QED) is 0.665. The van der Waals surface area contributed by atoms with Crippen molar-refractivity contribution in [3.05, 3.63) is 73.8 Å². The molecule has 0 amide bonds. The summed E-state index contributed by atoms with van der Waals surface area (Å²) in [6, 6.07) is 11.8. The summed E-state index contributed by atoms with van der Waals surface area (Å²) in [6.45, 7) is 1.10. The molecule has 4 nitrogen and oxygen atoms in total. The molecule has 0 unspecified atom stereocenters. The maximum atomic E-state index is 10.7. The van der Waals surface area contributed by atoms with E-state index in [1.807, 2.05) is 12.1 Å². The maximum Gasteiger partial charge on any atom is 0.269 e. The molecule has 20 heavy (non-hydrogen) atoms. The van der Waals surface area contributed by atoms with Crippen LogP contribution < -0.4 is 5.32 Å². The van der Waals surface area contributed by atoms with Gasteiger partial charge in [0.05, 0.1) is 4.92 Å². The monoisotopic (exact) mass is 310 g/mol. The fourth-order valence-electron chi connectivity index (χ4n) is 1.79. The zero-order valence-electron chi connectivity index (χ0n) is 10.5. The number of hydrogen-bond donors (Lipinski definition) is 1. The van der Waals surface area contributed by atoms with Crippen molar-refractivity contribution in [3.8, 4) is 0 Å². The molecule has 2 aromatic carbocycles. The fourth-order valence-corrected chi connectivity index (χ4v) is 2.26. The minimum absolute atomic E-state index is 0.0915. The summed E-state index contributed by atoms with van der Waals surface area (Å²) in [5.41, 5.74) is 1.87. The zero-order valence-corrected chi connectivity index (χ0v) is 12.0. The van der Waals surface area contributed by atoms with Crippen LogP contribution in [0, 0.1) is 10.1 Å². The first-order valence-corrected chi connectivity index (χ1v) is 6.70. The van der Waals surface area contributed by atoms with Crippen LogP contribution in [0.4, 0.5) is 5.69 Å². The molecule has 0 fully saturated rings. The van der Waals surface area contributed by atoms with Gasteiger partial charge in [-0.05, 0) is 23.3 Å². The Kier molecular flexibility index (Phi) is 4.95. The van der Waals surface area contributed by atoms with Crippen LogP contribution in [0.2, 0.25) is 10.0 Å². The van der Waals surface area contributed by atoms with Gasteiger partial charge < -0.3 is 5.32 Å². The normalized spacial score (nSPS) is 10.5. The molecule has 2 rings (SSSR count). The predicted molar refractivity (Wildman–Crippen MR) is 80.1 cm³/mol. The van der Waals surface area contributed by atoms with Crippen LogP contribution in [0.15, 0.2) is 42.5 Å². The summed E-state index contributed by atoms with van der Waals surface area (Å²) in [5.74, 6) is 0. The average molecular weight is 311 g/mol. The fraction of sp³-hybridized carbons (Fsp3) is 0.143. The first-order chi connectivity index (χ1) is 9.56. The number of rotatable bonds is 5. The van der Waals surface area contributed by atoms with E-state index < -0.39 is 4.92 Å². The van der Waals surface area contributed by atoms with Crippen LogP contribution in [-0.2, 0) is 13.1 Å². The highest BCUT2D eigenvalue weighted by molar-refractivity contribution is 6.35. The summed E-state index contributed by atoms with van der Waals surface area (Å²) in [7, 11) is 0. The molecule has 1 N–H and O–H groups in total. The van der Waals surface area contributed by atoms with E-state index >= 15 is 0 Å². The highest BCUT2D eigenvalue weighted by Crippen LogP contribution is 2.21. The van der Waals surface area contributed by atoms with Gasteiger partial charge in [-0.15, -0.1) is 0 Å². The molecule has 104 valence electrons. The molecule has 0 radical (unpaired) electrons. The lowest BCUT2D eigenvalue weighted by Crippen LogP contribution is -2.13. The molecule has 0 saturated heterocycles. The first-order valence-electron chi connectivity index (χ1n) is 5.94. The Morgan fingerprint density at radius 2 is 1.90 bits per heavy atom. The molecule has 0 aromatic heterocycles. The summed E-state index contributed by atoms with van der Waals surface area (Å²) in [5, 5.41) is 15.1. The van der Waals surface area contributed by atoms with Gasteiger partial charge in [-0.1, -0.05) is 41.4 Å². The van der Waals surface area contributed by atoms with Crippen molar-refractivity contribution in [1.82, 2.24) is 5.32 Å². The van der Waals surface area contributed by atoms with Gasteiger partial charge in [-0.25, -0.2) is 0 Å². The van der Waals surface area contributed by atoms with E-state index in [0.717, 1.165) is 11.1 Å². The Morgan fingerprint density at radius 1 is 1.10 bits per heavy atom. The Morgan fingerprint density at radius 3 is 2.60 bits per heavy atom. The molecule has 0 bridgehead atoms. The topological polar surface area (TPSA) is 55.2 Å². The molecule has 0 spiro atoms. The van der Waals surface area contributed by atoms with Gasteiger partial charge >= 0.3 is 0 Å². The average Bonchev–Trinajstić information content (AvgIpc) is 2.41. The van der Waals surface area contributed by atoms with Crippen LogP contribution >= 0.6 is 23.2 Å². The van der Waals surface area contributed by atoms with Gasteiger partial charge in [0.25, 0.3) is 5.69 Å².